The molecule has 0 saturated heterocycles. The highest BCUT2D eigenvalue weighted by Crippen LogP contribution is 2.25. The van der Waals surface area contributed by atoms with Crippen LogP contribution in [0.4, 0.5) is 5.82 Å². The molecule has 0 aliphatic heterocycles. The van der Waals surface area contributed by atoms with Crippen LogP contribution in [0.5, 0.6) is 0 Å². The van der Waals surface area contributed by atoms with Crippen molar-refractivity contribution in [1.29, 1.82) is 0 Å². The van der Waals surface area contributed by atoms with Crippen molar-refractivity contribution in [2.45, 2.75) is 32.9 Å². The summed E-state index contributed by atoms with van der Waals surface area (Å²) in [5.74, 6) is 0.756. The first-order valence-electron chi connectivity index (χ1n) is 11.2. The van der Waals surface area contributed by atoms with E-state index in [1.54, 1.807) is 18.6 Å². The molecule has 4 heterocycles. The molecule has 0 aliphatic rings. The topological polar surface area (TPSA) is 90.5 Å². The smallest absolute Gasteiger partial charge is 0.275 e. The Morgan fingerprint density at radius 1 is 0.971 bits per heavy atom. The molecule has 0 bridgehead atoms. The summed E-state index contributed by atoms with van der Waals surface area (Å²) in [4.78, 5) is 22.0. The molecule has 5 rings (SSSR count). The molecule has 8 nitrogen and oxygen atoms in total. The second-order valence-electron chi connectivity index (χ2n) is 8.46. The first-order chi connectivity index (χ1) is 16.5. The molecule has 1 atom stereocenters. The zero-order chi connectivity index (χ0) is 23.7. The van der Waals surface area contributed by atoms with Crippen molar-refractivity contribution in [1.82, 2.24) is 29.3 Å². The molecule has 0 spiro atoms. The van der Waals surface area contributed by atoms with Gasteiger partial charge in [0.25, 0.3) is 5.91 Å². The van der Waals surface area contributed by atoms with Crippen LogP contribution in [0.25, 0.3) is 22.4 Å². The van der Waals surface area contributed by atoms with Gasteiger partial charge in [-0.2, -0.15) is 0 Å². The summed E-state index contributed by atoms with van der Waals surface area (Å²) in [6.07, 6.45) is 5.44. The molecule has 0 radical (unpaired) electrons. The molecule has 1 N–H and O–H groups in total. The Labute approximate surface area is 197 Å². The lowest BCUT2D eigenvalue weighted by molar-refractivity contribution is 0.102. The normalized spacial score (nSPS) is 12.2. The molecule has 0 fully saturated rings. The van der Waals surface area contributed by atoms with Crippen LogP contribution in [0, 0.1) is 0 Å². The van der Waals surface area contributed by atoms with Crippen LogP contribution >= 0.6 is 0 Å². The number of nitrogens with zero attached hydrogens (tertiary/aromatic N) is 6. The number of aromatic nitrogens is 6. The van der Waals surface area contributed by atoms with Crippen molar-refractivity contribution >= 4 is 22.6 Å². The van der Waals surface area contributed by atoms with Crippen LogP contribution in [0.3, 0.4) is 0 Å². The minimum Gasteiger partial charge on any atom is -0.340 e. The minimum atomic E-state index is -0.322. The Kier molecular flexibility index (Phi) is 5.63. The maximum atomic E-state index is 13.0. The van der Waals surface area contributed by atoms with E-state index in [-0.39, 0.29) is 18.0 Å². The van der Waals surface area contributed by atoms with Gasteiger partial charge in [-0.3, -0.25) is 9.78 Å². The van der Waals surface area contributed by atoms with E-state index in [9.17, 15) is 4.79 Å². The van der Waals surface area contributed by atoms with Crippen LogP contribution in [0.2, 0.25) is 0 Å². The number of nitrogens with one attached hydrogen (secondary N) is 1. The third-order valence-electron chi connectivity index (χ3n) is 5.89. The fourth-order valence-electron chi connectivity index (χ4n) is 4.02. The van der Waals surface area contributed by atoms with E-state index in [1.165, 1.54) is 5.56 Å². The van der Waals surface area contributed by atoms with Crippen molar-refractivity contribution in [2.75, 3.05) is 5.32 Å². The lowest BCUT2D eigenvalue weighted by atomic mass is 10.1. The lowest BCUT2D eigenvalue weighted by Crippen LogP contribution is -2.15. The molecule has 34 heavy (non-hydrogen) atoms. The van der Waals surface area contributed by atoms with E-state index in [0.29, 0.717) is 23.0 Å². The van der Waals surface area contributed by atoms with Gasteiger partial charge in [-0.25, -0.2) is 4.98 Å². The third kappa shape index (κ3) is 4.05. The Balaban J connectivity index is 1.42. The molecule has 170 valence electrons. The quantitative estimate of drug-likeness (QED) is 0.386. The average molecular weight is 452 g/mol. The van der Waals surface area contributed by atoms with E-state index >= 15 is 0 Å². The van der Waals surface area contributed by atoms with Crippen molar-refractivity contribution in [3.8, 4) is 11.5 Å². The van der Waals surface area contributed by atoms with Crippen LogP contribution in [0.1, 0.15) is 48.9 Å². The van der Waals surface area contributed by atoms with Gasteiger partial charge in [0.1, 0.15) is 23.5 Å². The van der Waals surface area contributed by atoms with Gasteiger partial charge in [-0.15, -0.1) is 10.2 Å². The first kappa shape index (κ1) is 21.5. The van der Waals surface area contributed by atoms with Crippen molar-refractivity contribution in [3.05, 3.63) is 90.6 Å². The summed E-state index contributed by atoms with van der Waals surface area (Å²) in [5, 5.41) is 12.0. The van der Waals surface area contributed by atoms with Gasteiger partial charge in [0.05, 0.1) is 11.6 Å². The fraction of sp³-hybridized carbons (Fsp3) is 0.192. The summed E-state index contributed by atoms with van der Waals surface area (Å²) in [6.45, 7) is 6.24. The number of anilines is 1. The van der Waals surface area contributed by atoms with Gasteiger partial charge >= 0.3 is 0 Å². The highest BCUT2D eigenvalue weighted by molar-refractivity contribution is 6.04. The third-order valence-corrected chi connectivity index (χ3v) is 5.89. The molecule has 0 aliphatic carbocycles. The van der Waals surface area contributed by atoms with E-state index in [2.05, 4.69) is 63.0 Å². The monoisotopic (exact) mass is 451 g/mol. The maximum absolute atomic E-state index is 13.0. The van der Waals surface area contributed by atoms with Crippen LogP contribution in [-0.4, -0.2) is 35.2 Å². The number of hydrogen-bond acceptors (Lipinski definition) is 5. The number of hydrogen-bond donors (Lipinski definition) is 1. The average Bonchev–Trinajstić information content (AvgIpc) is 3.51. The summed E-state index contributed by atoms with van der Waals surface area (Å²) < 4.78 is 4.09. The number of carbonyl (C=O) groups is 1. The number of rotatable bonds is 6. The first-order valence-corrected chi connectivity index (χ1v) is 11.2. The highest BCUT2D eigenvalue weighted by Gasteiger charge is 2.16. The zero-order valence-corrected chi connectivity index (χ0v) is 19.3. The van der Waals surface area contributed by atoms with Crippen LogP contribution in [-0.2, 0) is 0 Å². The number of pyridine rings is 2. The van der Waals surface area contributed by atoms with Gasteiger partial charge in [0, 0.05) is 23.8 Å². The largest absolute Gasteiger partial charge is 0.340 e. The van der Waals surface area contributed by atoms with Gasteiger partial charge in [0.2, 0.25) is 0 Å². The van der Waals surface area contributed by atoms with Gasteiger partial charge in [-0.05, 0) is 50.6 Å². The van der Waals surface area contributed by atoms with Crippen LogP contribution in [0.15, 0.2) is 79.4 Å². The highest BCUT2D eigenvalue weighted by atomic mass is 16.1. The van der Waals surface area contributed by atoms with E-state index in [1.807, 2.05) is 53.2 Å². The molecule has 1 aromatic carbocycles. The lowest BCUT2D eigenvalue weighted by Gasteiger charge is -2.16. The Morgan fingerprint density at radius 3 is 2.59 bits per heavy atom. The summed E-state index contributed by atoms with van der Waals surface area (Å²) >= 11 is 0. The fourth-order valence-corrected chi connectivity index (χ4v) is 4.02. The van der Waals surface area contributed by atoms with Crippen LogP contribution < -0.4 is 5.32 Å². The number of amides is 1. The predicted molar refractivity (Wildman–Crippen MR) is 132 cm³/mol. The molecule has 1 unspecified atom stereocenters. The SMILES string of the molecule is CC(C)n1cnnc1-c1cccc(NC(=O)c2cc3c(ccn3C(C)c3ccccc3)cn2)n1. The minimum absolute atomic E-state index is 0.119. The Bertz CT molecular complexity index is 1450. The Hall–Kier alpha value is -4.33. The van der Waals surface area contributed by atoms with Gasteiger partial charge in [-0.1, -0.05) is 36.4 Å². The van der Waals surface area contributed by atoms with E-state index in [0.717, 1.165) is 10.9 Å². The van der Waals surface area contributed by atoms with E-state index in [4.69, 9.17) is 0 Å². The molecule has 4 aromatic heterocycles. The number of benzene rings is 1. The zero-order valence-electron chi connectivity index (χ0n) is 19.3. The van der Waals surface area contributed by atoms with Crippen molar-refractivity contribution < 1.29 is 4.79 Å². The molecular formula is C26H25N7O. The molecule has 5 aromatic rings. The standard InChI is InChI=1S/C26H25N7O/c1-17(2)33-16-28-31-25(33)21-10-7-11-24(29-21)30-26(34)22-14-23-20(15-27-22)12-13-32(23)18(3)19-8-5-4-6-9-19/h4-18H,1-3H3,(H,29,30,34). The van der Waals surface area contributed by atoms with Crippen molar-refractivity contribution in [3.63, 3.8) is 0 Å². The second kappa shape index (κ2) is 8.90. The summed E-state index contributed by atoms with van der Waals surface area (Å²) in [5.41, 5.74) is 3.10. The Morgan fingerprint density at radius 2 is 1.79 bits per heavy atom. The van der Waals surface area contributed by atoms with Gasteiger partial charge in [0.15, 0.2) is 5.82 Å². The molecule has 8 heteroatoms. The van der Waals surface area contributed by atoms with Crippen molar-refractivity contribution in [2.24, 2.45) is 0 Å². The number of carbonyl (C=O) groups excluding carboxylic acids is 1. The summed E-state index contributed by atoms with van der Waals surface area (Å²) in [7, 11) is 0. The maximum Gasteiger partial charge on any atom is 0.275 e. The van der Waals surface area contributed by atoms with Gasteiger partial charge < -0.3 is 14.5 Å². The van der Waals surface area contributed by atoms with E-state index < -0.39 is 0 Å². The summed E-state index contributed by atoms with van der Waals surface area (Å²) in [6, 6.07) is 19.8. The number of fused-ring (bicyclic) bond motifs is 1. The molecule has 1 amide bonds. The molecular weight excluding hydrogens is 426 g/mol. The second-order valence-corrected chi connectivity index (χ2v) is 8.46. The predicted octanol–water partition coefficient (Wildman–Crippen LogP) is 5.13. The molecule has 0 saturated carbocycles.